The lowest BCUT2D eigenvalue weighted by Crippen LogP contribution is -2.48. The zero-order valence-electron chi connectivity index (χ0n) is 23.6. The maximum atomic E-state index is 13.0. The molecule has 2 heterocycles. The van der Waals surface area contributed by atoms with E-state index >= 15 is 0 Å². The number of ketones is 1. The lowest BCUT2D eigenvalue weighted by Gasteiger charge is -2.31. The Morgan fingerprint density at radius 1 is 0.897 bits per heavy atom. The van der Waals surface area contributed by atoms with E-state index in [1.165, 1.54) is 25.7 Å². The van der Waals surface area contributed by atoms with Crippen LogP contribution in [0.2, 0.25) is 0 Å². The van der Waals surface area contributed by atoms with Crippen LogP contribution < -0.4 is 14.8 Å². The Kier molecular flexibility index (Phi) is 10.4. The Morgan fingerprint density at radius 2 is 1.49 bits per heavy atom. The number of methoxy groups -OCH3 is 1. The fourth-order valence-electron chi connectivity index (χ4n) is 5.97. The van der Waals surface area contributed by atoms with Crippen LogP contribution in [0.3, 0.4) is 0 Å². The largest absolute Gasteiger partial charge is 0.497 e. The summed E-state index contributed by atoms with van der Waals surface area (Å²) in [6.07, 6.45) is 7.20. The van der Waals surface area contributed by atoms with Gasteiger partial charge in [-0.05, 0) is 94.3 Å². The third-order valence-corrected chi connectivity index (χ3v) is 8.05. The number of carbonyl (C=O) groups is 2. The van der Waals surface area contributed by atoms with Crippen molar-refractivity contribution < 1.29 is 24.2 Å². The van der Waals surface area contributed by atoms with Crippen LogP contribution in [0.1, 0.15) is 93.7 Å². The van der Waals surface area contributed by atoms with Crippen LogP contribution in [-0.4, -0.2) is 59.6 Å². The van der Waals surface area contributed by atoms with Crippen LogP contribution in [0.4, 0.5) is 0 Å². The van der Waals surface area contributed by atoms with Crippen molar-refractivity contribution in [1.82, 2.24) is 10.2 Å². The normalized spacial score (nSPS) is 20.1. The lowest BCUT2D eigenvalue weighted by atomic mass is 10.0. The van der Waals surface area contributed by atoms with Gasteiger partial charge in [-0.25, -0.2) is 0 Å². The van der Waals surface area contributed by atoms with Gasteiger partial charge in [0.1, 0.15) is 17.6 Å². The molecule has 2 atom stereocenters. The van der Waals surface area contributed by atoms with Crippen LogP contribution in [0.25, 0.3) is 0 Å². The van der Waals surface area contributed by atoms with E-state index in [0.29, 0.717) is 43.5 Å². The van der Waals surface area contributed by atoms with E-state index in [9.17, 15) is 14.7 Å². The summed E-state index contributed by atoms with van der Waals surface area (Å²) in [5.74, 6) is 1.56. The number of rotatable bonds is 15. The molecule has 39 heavy (non-hydrogen) atoms. The molecule has 7 heteroatoms. The highest BCUT2D eigenvalue weighted by Gasteiger charge is 2.41. The van der Waals surface area contributed by atoms with E-state index in [1.54, 1.807) is 31.4 Å². The van der Waals surface area contributed by atoms with Gasteiger partial charge in [-0.15, -0.1) is 0 Å². The SMILES string of the molecule is COc1ccc(C(=O)CCCCCC(=O)N[C@H](CN2C3CCC2CC3)[C@H](O)c2ccc(OC(C)C)cc2)cc1. The first-order valence-electron chi connectivity index (χ1n) is 14.5. The standard InChI is InChI=1S/C32H44N2O5/c1-22(2)39-28-19-11-24(12-20-28)32(37)29(21-34-25-13-14-26(34)16-15-25)33-31(36)8-6-4-5-7-30(35)23-9-17-27(38-3)18-10-23/h9-12,17-20,22,25-26,29,32,37H,4-8,13-16,21H2,1-3H3,(H,33,36)/t25?,26?,29-,32-/m1/s1. The molecule has 212 valence electrons. The maximum Gasteiger partial charge on any atom is 0.220 e. The number of fused-ring (bicyclic) bond motifs is 2. The molecule has 0 aromatic heterocycles. The molecule has 2 saturated heterocycles. The first kappa shape index (κ1) is 29.1. The van der Waals surface area contributed by atoms with E-state index in [2.05, 4.69) is 10.2 Å². The lowest BCUT2D eigenvalue weighted by molar-refractivity contribution is -0.123. The van der Waals surface area contributed by atoms with E-state index < -0.39 is 6.10 Å². The monoisotopic (exact) mass is 536 g/mol. The summed E-state index contributed by atoms with van der Waals surface area (Å²) in [7, 11) is 1.60. The molecule has 2 aliphatic heterocycles. The van der Waals surface area contributed by atoms with E-state index in [-0.39, 0.29) is 23.8 Å². The van der Waals surface area contributed by atoms with Crippen molar-refractivity contribution in [1.29, 1.82) is 0 Å². The fourth-order valence-corrected chi connectivity index (χ4v) is 5.97. The highest BCUT2D eigenvalue weighted by Crippen LogP contribution is 2.38. The highest BCUT2D eigenvalue weighted by atomic mass is 16.5. The first-order chi connectivity index (χ1) is 18.8. The van der Waals surface area contributed by atoms with Gasteiger partial charge >= 0.3 is 0 Å². The molecule has 1 amide bonds. The van der Waals surface area contributed by atoms with Crippen LogP contribution in [-0.2, 0) is 4.79 Å². The number of carbonyl (C=O) groups excluding carboxylic acids is 2. The van der Waals surface area contributed by atoms with Crippen molar-refractivity contribution in [3.63, 3.8) is 0 Å². The summed E-state index contributed by atoms with van der Waals surface area (Å²) in [5, 5.41) is 14.5. The van der Waals surface area contributed by atoms with Crippen molar-refractivity contribution in [3.8, 4) is 11.5 Å². The first-order valence-corrected chi connectivity index (χ1v) is 14.5. The minimum Gasteiger partial charge on any atom is -0.497 e. The molecule has 4 rings (SSSR count). The molecule has 0 spiro atoms. The van der Waals surface area contributed by atoms with Crippen molar-refractivity contribution in [3.05, 3.63) is 59.7 Å². The predicted octanol–water partition coefficient (Wildman–Crippen LogP) is 5.46. The smallest absolute Gasteiger partial charge is 0.220 e. The molecule has 0 unspecified atom stereocenters. The van der Waals surface area contributed by atoms with E-state index in [0.717, 1.165) is 29.9 Å². The summed E-state index contributed by atoms with van der Waals surface area (Å²) in [6.45, 7) is 4.62. The van der Waals surface area contributed by atoms with Crippen LogP contribution in [0.15, 0.2) is 48.5 Å². The molecule has 2 aliphatic rings. The summed E-state index contributed by atoms with van der Waals surface area (Å²) >= 11 is 0. The minimum atomic E-state index is -0.802. The second-order valence-corrected chi connectivity index (χ2v) is 11.2. The minimum absolute atomic E-state index is 0.0492. The molecule has 2 bridgehead atoms. The number of amides is 1. The van der Waals surface area contributed by atoms with Crippen molar-refractivity contribution in [2.45, 2.75) is 102 Å². The van der Waals surface area contributed by atoms with Gasteiger partial charge in [-0.2, -0.15) is 0 Å². The Morgan fingerprint density at radius 3 is 2.08 bits per heavy atom. The number of hydrogen-bond donors (Lipinski definition) is 2. The molecule has 0 radical (unpaired) electrons. The number of ether oxygens (including phenoxy) is 2. The Bertz CT molecular complexity index is 1050. The van der Waals surface area contributed by atoms with Gasteiger partial charge in [0.15, 0.2) is 5.78 Å². The fraction of sp³-hybridized carbons (Fsp3) is 0.562. The van der Waals surface area contributed by atoms with Crippen molar-refractivity contribution in [2.24, 2.45) is 0 Å². The Labute approximate surface area is 232 Å². The second-order valence-electron chi connectivity index (χ2n) is 11.2. The van der Waals surface area contributed by atoms with Crippen LogP contribution in [0, 0.1) is 0 Å². The average molecular weight is 537 g/mol. The van der Waals surface area contributed by atoms with Crippen LogP contribution >= 0.6 is 0 Å². The number of Topliss-reactive ketones (excluding diaryl/α,β-unsaturated/α-hetero) is 1. The van der Waals surface area contributed by atoms with E-state index in [4.69, 9.17) is 9.47 Å². The molecular formula is C32H44N2O5. The summed E-state index contributed by atoms with van der Waals surface area (Å²) in [6, 6.07) is 15.4. The Balaban J connectivity index is 1.27. The zero-order valence-corrected chi connectivity index (χ0v) is 23.6. The molecular weight excluding hydrogens is 492 g/mol. The number of aliphatic hydroxyl groups is 1. The summed E-state index contributed by atoms with van der Waals surface area (Å²) < 4.78 is 10.9. The Hall–Kier alpha value is -2.90. The zero-order chi connectivity index (χ0) is 27.8. The van der Waals surface area contributed by atoms with Gasteiger partial charge in [-0.3, -0.25) is 14.5 Å². The molecule has 2 fully saturated rings. The molecule has 0 saturated carbocycles. The number of unbranched alkanes of at least 4 members (excludes halogenated alkanes) is 2. The number of nitrogens with zero attached hydrogens (tertiary/aromatic N) is 1. The van der Waals surface area contributed by atoms with Gasteiger partial charge in [0.25, 0.3) is 0 Å². The number of aliphatic hydroxyl groups excluding tert-OH is 1. The van der Waals surface area contributed by atoms with Gasteiger partial charge in [0.05, 0.1) is 19.3 Å². The highest BCUT2D eigenvalue weighted by molar-refractivity contribution is 5.96. The van der Waals surface area contributed by atoms with Crippen molar-refractivity contribution in [2.75, 3.05) is 13.7 Å². The molecule has 2 aromatic rings. The molecule has 0 aliphatic carbocycles. The second kappa shape index (κ2) is 13.9. The van der Waals surface area contributed by atoms with Gasteiger partial charge in [0.2, 0.25) is 5.91 Å². The quantitative estimate of drug-likeness (QED) is 0.232. The molecule has 2 N–H and O–H groups in total. The van der Waals surface area contributed by atoms with Gasteiger partial charge < -0.3 is 19.9 Å². The van der Waals surface area contributed by atoms with E-state index in [1.807, 2.05) is 38.1 Å². The van der Waals surface area contributed by atoms with Gasteiger partial charge in [-0.1, -0.05) is 18.6 Å². The maximum absolute atomic E-state index is 13.0. The average Bonchev–Trinajstić information content (AvgIpc) is 3.51. The predicted molar refractivity (Wildman–Crippen MR) is 152 cm³/mol. The molecule has 7 nitrogen and oxygen atoms in total. The third kappa shape index (κ3) is 8.05. The third-order valence-electron chi connectivity index (χ3n) is 8.05. The molecule has 2 aromatic carbocycles. The van der Waals surface area contributed by atoms with Crippen LogP contribution in [0.5, 0.6) is 11.5 Å². The van der Waals surface area contributed by atoms with Crippen molar-refractivity contribution >= 4 is 11.7 Å². The topological polar surface area (TPSA) is 88.1 Å². The number of nitrogens with one attached hydrogen (secondary N) is 1. The summed E-state index contributed by atoms with van der Waals surface area (Å²) in [5.41, 5.74) is 1.46. The van der Waals surface area contributed by atoms with Gasteiger partial charge in [0, 0.05) is 37.0 Å². The number of hydrogen-bond acceptors (Lipinski definition) is 6. The number of benzene rings is 2. The summed E-state index contributed by atoms with van der Waals surface area (Å²) in [4.78, 5) is 27.9.